The molecular formula is C22H31N5O2. The van der Waals surface area contributed by atoms with Crippen LogP contribution in [0.15, 0.2) is 53.5 Å². The van der Waals surface area contributed by atoms with Crippen molar-refractivity contribution in [2.24, 2.45) is 4.99 Å². The van der Waals surface area contributed by atoms with Crippen LogP contribution in [0, 0.1) is 0 Å². The van der Waals surface area contributed by atoms with E-state index in [-0.39, 0.29) is 5.91 Å². The molecule has 0 aliphatic rings. The molecule has 0 saturated heterocycles. The summed E-state index contributed by atoms with van der Waals surface area (Å²) in [5, 5.41) is 9.53. The first-order chi connectivity index (χ1) is 14.0. The number of nitrogens with one attached hydrogen (secondary N) is 3. The van der Waals surface area contributed by atoms with Gasteiger partial charge in [0.25, 0.3) is 0 Å². The van der Waals surface area contributed by atoms with Crippen LogP contribution in [0.3, 0.4) is 0 Å². The SMILES string of the molecule is CN=C(NCCc1ccccc1OC)NCc1cccc(NC(=O)CN(C)C)c1. The fourth-order valence-electron chi connectivity index (χ4n) is 2.88. The van der Waals surface area contributed by atoms with Crippen LogP contribution in [-0.4, -0.2) is 58.1 Å². The number of carbonyl (C=O) groups excluding carboxylic acids is 1. The topological polar surface area (TPSA) is 78.0 Å². The highest BCUT2D eigenvalue weighted by atomic mass is 16.5. The molecule has 2 rings (SSSR count). The first kappa shape index (κ1) is 22.2. The maximum absolute atomic E-state index is 11.9. The van der Waals surface area contributed by atoms with Crippen molar-refractivity contribution in [1.29, 1.82) is 0 Å². The van der Waals surface area contributed by atoms with Crippen LogP contribution in [0.25, 0.3) is 0 Å². The molecule has 0 heterocycles. The molecule has 2 aromatic carbocycles. The molecule has 0 aliphatic heterocycles. The molecule has 0 bridgehead atoms. The fourth-order valence-corrected chi connectivity index (χ4v) is 2.88. The maximum Gasteiger partial charge on any atom is 0.238 e. The summed E-state index contributed by atoms with van der Waals surface area (Å²) in [7, 11) is 7.17. The normalized spacial score (nSPS) is 11.3. The molecule has 29 heavy (non-hydrogen) atoms. The smallest absolute Gasteiger partial charge is 0.238 e. The predicted octanol–water partition coefficient (Wildman–Crippen LogP) is 2.10. The first-order valence-corrected chi connectivity index (χ1v) is 9.61. The fraction of sp³-hybridized carbons (Fsp3) is 0.364. The average molecular weight is 398 g/mol. The minimum atomic E-state index is -0.0334. The summed E-state index contributed by atoms with van der Waals surface area (Å²) in [6, 6.07) is 15.8. The molecule has 0 fully saturated rings. The first-order valence-electron chi connectivity index (χ1n) is 9.61. The largest absolute Gasteiger partial charge is 0.496 e. The molecule has 0 aromatic heterocycles. The van der Waals surface area contributed by atoms with Crippen molar-refractivity contribution in [3.63, 3.8) is 0 Å². The summed E-state index contributed by atoms with van der Waals surface area (Å²) in [4.78, 5) is 18.0. The van der Waals surface area contributed by atoms with Gasteiger partial charge in [-0.3, -0.25) is 9.79 Å². The van der Waals surface area contributed by atoms with E-state index in [1.165, 1.54) is 0 Å². The van der Waals surface area contributed by atoms with E-state index in [0.29, 0.717) is 13.1 Å². The second-order valence-electron chi connectivity index (χ2n) is 6.90. The Morgan fingerprint density at radius 2 is 1.90 bits per heavy atom. The summed E-state index contributed by atoms with van der Waals surface area (Å²) in [5.74, 6) is 1.58. The van der Waals surface area contributed by atoms with Crippen molar-refractivity contribution in [1.82, 2.24) is 15.5 Å². The zero-order chi connectivity index (χ0) is 21.1. The Labute approximate surface area is 173 Å². The van der Waals surface area contributed by atoms with E-state index < -0.39 is 0 Å². The monoisotopic (exact) mass is 397 g/mol. The highest BCUT2D eigenvalue weighted by Crippen LogP contribution is 2.17. The molecule has 156 valence electrons. The quantitative estimate of drug-likeness (QED) is 0.446. The van der Waals surface area contributed by atoms with E-state index in [0.717, 1.165) is 41.5 Å². The Morgan fingerprint density at radius 3 is 2.62 bits per heavy atom. The van der Waals surface area contributed by atoms with Crippen LogP contribution in [0.2, 0.25) is 0 Å². The van der Waals surface area contributed by atoms with Crippen LogP contribution in [0.5, 0.6) is 5.75 Å². The third kappa shape index (κ3) is 7.83. The van der Waals surface area contributed by atoms with Gasteiger partial charge in [-0.25, -0.2) is 0 Å². The number of methoxy groups -OCH3 is 1. The van der Waals surface area contributed by atoms with E-state index in [9.17, 15) is 4.79 Å². The predicted molar refractivity (Wildman–Crippen MR) is 119 cm³/mol. The summed E-state index contributed by atoms with van der Waals surface area (Å²) < 4.78 is 5.39. The lowest BCUT2D eigenvalue weighted by Crippen LogP contribution is -2.37. The lowest BCUT2D eigenvalue weighted by atomic mass is 10.1. The molecule has 7 nitrogen and oxygen atoms in total. The average Bonchev–Trinajstić information content (AvgIpc) is 2.70. The van der Waals surface area contributed by atoms with Gasteiger partial charge in [-0.2, -0.15) is 0 Å². The zero-order valence-electron chi connectivity index (χ0n) is 17.7. The number of aliphatic imine (C=N–C) groups is 1. The van der Waals surface area contributed by atoms with Crippen LogP contribution in [0.1, 0.15) is 11.1 Å². The number of benzene rings is 2. The number of ether oxygens (including phenoxy) is 1. The van der Waals surface area contributed by atoms with Gasteiger partial charge >= 0.3 is 0 Å². The molecule has 0 aliphatic carbocycles. The number of hydrogen-bond acceptors (Lipinski definition) is 4. The van der Waals surface area contributed by atoms with Gasteiger partial charge in [0.05, 0.1) is 13.7 Å². The molecular weight excluding hydrogens is 366 g/mol. The second-order valence-corrected chi connectivity index (χ2v) is 6.90. The Morgan fingerprint density at radius 1 is 1.10 bits per heavy atom. The Hall–Kier alpha value is -3.06. The van der Waals surface area contributed by atoms with Crippen molar-refractivity contribution in [2.75, 3.05) is 46.7 Å². The summed E-state index contributed by atoms with van der Waals surface area (Å²) in [6.07, 6.45) is 0.831. The minimum absolute atomic E-state index is 0.0334. The number of amides is 1. The van der Waals surface area contributed by atoms with E-state index in [1.54, 1.807) is 14.2 Å². The molecule has 7 heteroatoms. The number of guanidine groups is 1. The third-order valence-electron chi connectivity index (χ3n) is 4.23. The standard InChI is InChI=1S/C22H31N5O2/c1-23-22(24-13-12-18-9-5-6-11-20(18)29-4)25-15-17-8-7-10-19(14-17)26-21(28)16-27(2)3/h5-11,14H,12-13,15-16H2,1-4H3,(H,26,28)(H2,23,24,25). The van der Waals surface area contributed by atoms with Crippen molar-refractivity contribution >= 4 is 17.6 Å². The van der Waals surface area contributed by atoms with E-state index >= 15 is 0 Å². The number of nitrogens with zero attached hydrogens (tertiary/aromatic N) is 2. The van der Waals surface area contributed by atoms with Crippen molar-refractivity contribution in [3.05, 3.63) is 59.7 Å². The highest BCUT2D eigenvalue weighted by Gasteiger charge is 2.05. The molecule has 0 saturated carbocycles. The van der Waals surface area contributed by atoms with E-state index in [4.69, 9.17) is 4.74 Å². The van der Waals surface area contributed by atoms with Gasteiger partial charge in [0.1, 0.15) is 5.75 Å². The number of carbonyl (C=O) groups is 1. The van der Waals surface area contributed by atoms with Crippen LogP contribution >= 0.6 is 0 Å². The zero-order valence-corrected chi connectivity index (χ0v) is 17.7. The van der Waals surface area contributed by atoms with E-state index in [2.05, 4.69) is 27.0 Å². The maximum atomic E-state index is 11.9. The van der Waals surface area contributed by atoms with Crippen molar-refractivity contribution in [2.45, 2.75) is 13.0 Å². The molecule has 0 radical (unpaired) electrons. The summed E-state index contributed by atoms with van der Waals surface area (Å²) >= 11 is 0. The molecule has 1 amide bonds. The lowest BCUT2D eigenvalue weighted by Gasteiger charge is -2.14. The number of likely N-dealkylation sites (N-methyl/N-ethyl adjacent to an activating group) is 1. The Balaban J connectivity index is 1.83. The van der Waals surface area contributed by atoms with Gasteiger partial charge in [0, 0.05) is 25.8 Å². The number of anilines is 1. The van der Waals surface area contributed by atoms with Crippen LogP contribution < -0.4 is 20.7 Å². The van der Waals surface area contributed by atoms with Crippen LogP contribution in [-0.2, 0) is 17.8 Å². The Kier molecular flexibility index (Phi) is 8.98. The second kappa shape index (κ2) is 11.7. The van der Waals surface area contributed by atoms with Crippen molar-refractivity contribution < 1.29 is 9.53 Å². The molecule has 2 aromatic rings. The van der Waals surface area contributed by atoms with Gasteiger partial charge in [-0.15, -0.1) is 0 Å². The van der Waals surface area contributed by atoms with Gasteiger partial charge in [-0.1, -0.05) is 30.3 Å². The number of para-hydroxylation sites is 1. The van der Waals surface area contributed by atoms with Crippen molar-refractivity contribution in [3.8, 4) is 5.75 Å². The molecule has 3 N–H and O–H groups in total. The number of hydrogen-bond donors (Lipinski definition) is 3. The summed E-state index contributed by atoms with van der Waals surface area (Å²) in [5.41, 5.74) is 3.00. The van der Waals surface area contributed by atoms with Gasteiger partial charge in [0.2, 0.25) is 5.91 Å². The van der Waals surface area contributed by atoms with E-state index in [1.807, 2.05) is 61.5 Å². The lowest BCUT2D eigenvalue weighted by molar-refractivity contribution is -0.116. The number of rotatable bonds is 9. The molecule has 0 spiro atoms. The Bertz CT molecular complexity index is 820. The minimum Gasteiger partial charge on any atom is -0.496 e. The van der Waals surface area contributed by atoms with Crippen LogP contribution in [0.4, 0.5) is 5.69 Å². The molecule has 0 atom stereocenters. The molecule has 0 unspecified atom stereocenters. The van der Waals surface area contributed by atoms with Gasteiger partial charge < -0.3 is 25.6 Å². The highest BCUT2D eigenvalue weighted by molar-refractivity contribution is 5.92. The summed E-state index contributed by atoms with van der Waals surface area (Å²) in [6.45, 7) is 1.69. The third-order valence-corrected chi connectivity index (χ3v) is 4.23. The van der Waals surface area contributed by atoms with Gasteiger partial charge in [-0.05, 0) is 49.8 Å². The van der Waals surface area contributed by atoms with Gasteiger partial charge in [0.15, 0.2) is 5.96 Å².